The molecular weight excluding hydrogens is 402 g/mol. The lowest BCUT2D eigenvalue weighted by Gasteiger charge is -2.39. The molecule has 0 saturated carbocycles. The number of amides is 1. The fourth-order valence-electron chi connectivity index (χ4n) is 4.30. The van der Waals surface area contributed by atoms with Crippen LogP contribution in [0.3, 0.4) is 0 Å². The van der Waals surface area contributed by atoms with Crippen molar-refractivity contribution in [2.75, 3.05) is 13.1 Å². The van der Waals surface area contributed by atoms with Crippen LogP contribution in [0.2, 0.25) is 0 Å². The molecule has 1 N–H and O–H groups in total. The van der Waals surface area contributed by atoms with Gasteiger partial charge in [0.05, 0.1) is 23.5 Å². The second-order valence-corrected chi connectivity index (χ2v) is 8.97. The number of carbonyl (C=O) groups excluding carboxylic acids is 1. The molecule has 0 radical (unpaired) electrons. The third-order valence-electron chi connectivity index (χ3n) is 6.07. The number of halogens is 2. The average Bonchev–Trinajstić information content (AvgIpc) is 3.04. The van der Waals surface area contributed by atoms with Crippen LogP contribution in [0.25, 0.3) is 0 Å². The number of piperidine rings is 1. The summed E-state index contributed by atoms with van der Waals surface area (Å²) < 4.78 is 28.2. The van der Waals surface area contributed by atoms with Crippen LogP contribution < -0.4 is 0 Å². The zero-order chi connectivity index (χ0) is 22.2. The summed E-state index contributed by atoms with van der Waals surface area (Å²) in [5.41, 5.74) is -1.07. The van der Waals surface area contributed by atoms with Crippen molar-refractivity contribution in [1.29, 1.82) is 0 Å². The number of hydrazone groups is 1. The van der Waals surface area contributed by atoms with Crippen molar-refractivity contribution in [3.63, 3.8) is 0 Å². The van der Waals surface area contributed by atoms with E-state index < -0.39 is 34.2 Å². The van der Waals surface area contributed by atoms with Crippen LogP contribution in [0.1, 0.15) is 49.0 Å². The number of carbonyl (C=O) groups is 1. The van der Waals surface area contributed by atoms with Gasteiger partial charge in [-0.05, 0) is 32.3 Å². The minimum Gasteiger partial charge on any atom is -0.389 e. The average molecular weight is 428 g/mol. The van der Waals surface area contributed by atoms with Crippen LogP contribution in [0.5, 0.6) is 0 Å². The molecule has 1 amide bonds. The third kappa shape index (κ3) is 4.30. The molecule has 1 fully saturated rings. The Morgan fingerprint density at radius 2 is 1.71 bits per heavy atom. The number of benzene rings is 1. The Bertz CT molecular complexity index is 982. The molecule has 4 rings (SSSR count). The van der Waals surface area contributed by atoms with E-state index in [0.717, 1.165) is 23.0 Å². The van der Waals surface area contributed by atoms with Gasteiger partial charge in [0.25, 0.3) is 5.91 Å². The van der Waals surface area contributed by atoms with Gasteiger partial charge in [0.1, 0.15) is 11.4 Å². The van der Waals surface area contributed by atoms with Gasteiger partial charge in [-0.15, -0.1) is 0 Å². The van der Waals surface area contributed by atoms with Gasteiger partial charge in [-0.25, -0.2) is 13.8 Å². The van der Waals surface area contributed by atoms with Gasteiger partial charge in [0.15, 0.2) is 11.6 Å². The van der Waals surface area contributed by atoms with Crippen LogP contribution in [0.4, 0.5) is 8.78 Å². The summed E-state index contributed by atoms with van der Waals surface area (Å²) in [4.78, 5) is 18.4. The van der Waals surface area contributed by atoms with E-state index in [0.29, 0.717) is 44.6 Å². The number of pyridine rings is 1. The SMILES string of the molecule is CC1(C)CC(N2CCC(O)(Cc3ccccc3)CC2)=NN1C(=O)c1c(F)cncc1F. The molecule has 0 unspecified atom stereocenters. The van der Waals surface area contributed by atoms with E-state index in [-0.39, 0.29) is 0 Å². The summed E-state index contributed by atoms with van der Waals surface area (Å²) in [5.74, 6) is -2.15. The molecule has 2 aromatic rings. The molecule has 0 aliphatic carbocycles. The lowest BCUT2D eigenvalue weighted by Crippen LogP contribution is -2.48. The molecule has 164 valence electrons. The summed E-state index contributed by atoms with van der Waals surface area (Å²) >= 11 is 0. The molecule has 2 aliphatic heterocycles. The molecule has 1 saturated heterocycles. The zero-order valence-corrected chi connectivity index (χ0v) is 17.7. The minimum atomic E-state index is -1.01. The predicted octanol–water partition coefficient (Wildman–Crippen LogP) is 3.37. The Morgan fingerprint density at radius 3 is 2.32 bits per heavy atom. The molecule has 6 nitrogen and oxygen atoms in total. The van der Waals surface area contributed by atoms with Crippen LogP contribution in [-0.2, 0) is 6.42 Å². The van der Waals surface area contributed by atoms with E-state index in [1.54, 1.807) is 0 Å². The molecule has 8 heteroatoms. The lowest BCUT2D eigenvalue weighted by molar-refractivity contribution is -0.00719. The van der Waals surface area contributed by atoms with E-state index in [1.165, 1.54) is 0 Å². The molecule has 2 aliphatic rings. The number of amidine groups is 1. The van der Waals surface area contributed by atoms with Gasteiger partial charge >= 0.3 is 0 Å². The summed E-state index contributed by atoms with van der Waals surface area (Å²) in [6, 6.07) is 9.89. The molecular formula is C23H26F2N4O2. The lowest BCUT2D eigenvalue weighted by atomic mass is 9.85. The molecule has 1 aromatic carbocycles. The number of aliphatic hydroxyl groups is 1. The van der Waals surface area contributed by atoms with E-state index in [4.69, 9.17) is 0 Å². The predicted molar refractivity (Wildman–Crippen MR) is 112 cm³/mol. The van der Waals surface area contributed by atoms with Crippen molar-refractivity contribution in [1.82, 2.24) is 14.9 Å². The normalized spacial score (nSPS) is 20.0. The van der Waals surface area contributed by atoms with E-state index in [1.807, 2.05) is 49.1 Å². The Hall–Kier alpha value is -2.87. The first-order valence-electron chi connectivity index (χ1n) is 10.4. The van der Waals surface area contributed by atoms with Crippen molar-refractivity contribution < 1.29 is 18.7 Å². The molecule has 3 heterocycles. The number of hydrogen-bond acceptors (Lipinski definition) is 5. The van der Waals surface area contributed by atoms with Gasteiger partial charge in [-0.1, -0.05) is 30.3 Å². The van der Waals surface area contributed by atoms with Gasteiger partial charge in [0.2, 0.25) is 0 Å². The second-order valence-electron chi connectivity index (χ2n) is 8.97. The fraction of sp³-hybridized carbons (Fsp3) is 0.435. The standard InChI is InChI=1S/C23H26F2N4O2/c1-22(2)13-19(27-29(22)21(30)20-17(24)14-26-15-18(20)25)28-10-8-23(31,9-11-28)12-16-6-4-3-5-7-16/h3-7,14-15,31H,8-13H2,1-2H3. The van der Waals surface area contributed by atoms with Crippen molar-refractivity contribution in [2.45, 2.75) is 50.7 Å². The summed E-state index contributed by atoms with van der Waals surface area (Å²) in [6.07, 6.45) is 3.84. The maximum absolute atomic E-state index is 14.1. The van der Waals surface area contributed by atoms with Gasteiger partial charge < -0.3 is 10.0 Å². The summed E-state index contributed by atoms with van der Waals surface area (Å²) in [5, 5.41) is 16.6. The van der Waals surface area contributed by atoms with Crippen LogP contribution in [0.15, 0.2) is 47.8 Å². The molecule has 1 aromatic heterocycles. The maximum Gasteiger partial charge on any atom is 0.280 e. The first-order valence-corrected chi connectivity index (χ1v) is 10.4. The summed E-state index contributed by atoms with van der Waals surface area (Å²) in [6.45, 7) is 4.82. The Labute approximate surface area is 180 Å². The Kier molecular flexibility index (Phi) is 5.51. The number of hydrogen-bond donors (Lipinski definition) is 1. The highest BCUT2D eigenvalue weighted by molar-refractivity contribution is 5.98. The molecule has 0 spiro atoms. The number of rotatable bonds is 3. The van der Waals surface area contributed by atoms with Gasteiger partial charge in [0, 0.05) is 25.9 Å². The van der Waals surface area contributed by atoms with Crippen molar-refractivity contribution in [3.05, 3.63) is 65.5 Å². The van der Waals surface area contributed by atoms with Gasteiger partial charge in [-0.2, -0.15) is 5.10 Å². The zero-order valence-electron chi connectivity index (χ0n) is 17.7. The van der Waals surface area contributed by atoms with Crippen molar-refractivity contribution >= 4 is 11.7 Å². The molecule has 0 atom stereocenters. The highest BCUT2D eigenvalue weighted by Crippen LogP contribution is 2.33. The highest BCUT2D eigenvalue weighted by atomic mass is 19.1. The van der Waals surface area contributed by atoms with Crippen LogP contribution in [-0.4, -0.2) is 56.0 Å². The molecule has 0 bridgehead atoms. The van der Waals surface area contributed by atoms with Crippen molar-refractivity contribution in [3.8, 4) is 0 Å². The second kappa shape index (κ2) is 8.00. The number of nitrogens with zero attached hydrogens (tertiary/aromatic N) is 4. The minimum absolute atomic E-state index is 0.462. The smallest absolute Gasteiger partial charge is 0.280 e. The third-order valence-corrected chi connectivity index (χ3v) is 6.07. The van der Waals surface area contributed by atoms with Crippen LogP contribution >= 0.6 is 0 Å². The Morgan fingerprint density at radius 1 is 1.10 bits per heavy atom. The largest absolute Gasteiger partial charge is 0.389 e. The first kappa shape index (κ1) is 21.4. The Balaban J connectivity index is 1.48. The topological polar surface area (TPSA) is 69.0 Å². The van der Waals surface area contributed by atoms with E-state index >= 15 is 0 Å². The van der Waals surface area contributed by atoms with Crippen molar-refractivity contribution in [2.24, 2.45) is 5.10 Å². The summed E-state index contributed by atoms with van der Waals surface area (Å²) in [7, 11) is 0. The number of likely N-dealkylation sites (tertiary alicyclic amines) is 1. The number of aromatic nitrogens is 1. The van der Waals surface area contributed by atoms with Crippen LogP contribution in [0, 0.1) is 11.6 Å². The quantitative estimate of drug-likeness (QED) is 0.814. The monoisotopic (exact) mass is 428 g/mol. The first-order chi connectivity index (χ1) is 14.7. The van der Waals surface area contributed by atoms with E-state index in [9.17, 15) is 18.7 Å². The van der Waals surface area contributed by atoms with Gasteiger partial charge in [-0.3, -0.25) is 9.78 Å². The maximum atomic E-state index is 14.1. The fourth-order valence-corrected chi connectivity index (χ4v) is 4.30. The molecule has 31 heavy (non-hydrogen) atoms. The highest BCUT2D eigenvalue weighted by Gasteiger charge is 2.43. The van der Waals surface area contributed by atoms with E-state index in [2.05, 4.69) is 10.1 Å².